The molecule has 5 nitrogen and oxygen atoms in total. The highest BCUT2D eigenvalue weighted by molar-refractivity contribution is 7.99. The molecule has 2 aromatic rings. The molecule has 0 fully saturated rings. The van der Waals surface area contributed by atoms with Gasteiger partial charge in [-0.15, -0.1) is 11.8 Å². The largest absolute Gasteiger partial charge is 0.507 e. The summed E-state index contributed by atoms with van der Waals surface area (Å²) in [5.41, 5.74) is 2.92. The third kappa shape index (κ3) is 4.57. The Bertz CT molecular complexity index is 801. The number of carboxylic acids is 1. The number of benzene rings is 2. The quantitative estimate of drug-likeness (QED) is 0.615. The molecule has 3 N–H and O–H groups in total. The lowest BCUT2D eigenvalue weighted by atomic mass is 9.97. The van der Waals surface area contributed by atoms with Crippen molar-refractivity contribution < 1.29 is 20.1 Å². The molecule has 2 unspecified atom stereocenters. The molecule has 0 spiro atoms. The van der Waals surface area contributed by atoms with Crippen LogP contribution in [0.3, 0.4) is 0 Å². The zero-order valence-electron chi connectivity index (χ0n) is 16.3. The summed E-state index contributed by atoms with van der Waals surface area (Å²) in [6, 6.07) is 10.2. The van der Waals surface area contributed by atoms with E-state index in [1.165, 1.54) is 11.8 Å². The monoisotopic (exact) mass is 389 g/mol. The molecule has 2 rings (SSSR count). The molecule has 0 aliphatic heterocycles. The van der Waals surface area contributed by atoms with E-state index in [0.717, 1.165) is 11.3 Å². The first-order chi connectivity index (χ1) is 12.7. The smallest absolute Gasteiger partial charge is 0.327 e. The number of nitrogens with zero attached hydrogens (tertiary/aromatic N) is 1. The predicted octanol–water partition coefficient (Wildman–Crippen LogP) is 4.23. The highest BCUT2D eigenvalue weighted by Gasteiger charge is 2.36. The van der Waals surface area contributed by atoms with E-state index in [4.69, 9.17) is 0 Å². The van der Waals surface area contributed by atoms with E-state index in [-0.39, 0.29) is 5.75 Å². The minimum atomic E-state index is -1.01. The van der Waals surface area contributed by atoms with Crippen LogP contribution in [0.4, 0.5) is 11.4 Å². The highest BCUT2D eigenvalue weighted by atomic mass is 32.2. The minimum Gasteiger partial charge on any atom is -0.507 e. The number of aliphatic hydroxyl groups is 1. The molecular weight excluding hydrogens is 362 g/mol. The van der Waals surface area contributed by atoms with Crippen LogP contribution < -0.4 is 4.90 Å². The van der Waals surface area contributed by atoms with Crippen LogP contribution in [0, 0.1) is 26.7 Å². The second kappa shape index (κ2) is 8.67. The first kappa shape index (κ1) is 21.1. The molecule has 27 heavy (non-hydrogen) atoms. The Morgan fingerprint density at radius 3 is 2.15 bits per heavy atom. The topological polar surface area (TPSA) is 81.0 Å². The second-order valence-corrected chi connectivity index (χ2v) is 7.86. The summed E-state index contributed by atoms with van der Waals surface area (Å²) in [5.74, 6) is -1.35. The summed E-state index contributed by atoms with van der Waals surface area (Å²) >= 11 is 1.22. The Hall–Kier alpha value is -2.18. The number of aryl methyl sites for hydroxylation is 3. The van der Waals surface area contributed by atoms with Gasteiger partial charge < -0.3 is 20.2 Å². The van der Waals surface area contributed by atoms with Crippen molar-refractivity contribution in [1.29, 1.82) is 0 Å². The summed E-state index contributed by atoms with van der Waals surface area (Å²) in [6.45, 7) is 7.26. The van der Waals surface area contributed by atoms with Crippen LogP contribution in [0.5, 0.6) is 5.75 Å². The van der Waals surface area contributed by atoms with Gasteiger partial charge in [-0.1, -0.05) is 19.1 Å². The maximum absolute atomic E-state index is 12.3. The fourth-order valence-corrected chi connectivity index (χ4v) is 3.84. The number of hydrogen-bond acceptors (Lipinski definition) is 5. The van der Waals surface area contributed by atoms with Gasteiger partial charge in [0.05, 0.1) is 0 Å². The molecule has 0 aromatic heterocycles. The van der Waals surface area contributed by atoms with Gasteiger partial charge in [-0.3, -0.25) is 0 Å². The van der Waals surface area contributed by atoms with E-state index in [1.54, 1.807) is 44.1 Å². The number of phenols is 1. The van der Waals surface area contributed by atoms with Gasteiger partial charge in [0, 0.05) is 17.3 Å². The van der Waals surface area contributed by atoms with Crippen LogP contribution in [0.25, 0.3) is 0 Å². The van der Waals surface area contributed by atoms with E-state index in [9.17, 15) is 20.1 Å². The Morgan fingerprint density at radius 2 is 1.67 bits per heavy atom. The van der Waals surface area contributed by atoms with Crippen molar-refractivity contribution in [2.45, 2.75) is 39.2 Å². The van der Waals surface area contributed by atoms with Gasteiger partial charge in [0.1, 0.15) is 17.2 Å². The van der Waals surface area contributed by atoms with Crippen molar-refractivity contribution in [1.82, 2.24) is 0 Å². The Balaban J connectivity index is 2.70. The van der Waals surface area contributed by atoms with Crippen molar-refractivity contribution in [3.05, 3.63) is 53.1 Å². The van der Waals surface area contributed by atoms with Crippen molar-refractivity contribution in [2.24, 2.45) is 5.92 Å². The van der Waals surface area contributed by atoms with Crippen molar-refractivity contribution >= 4 is 29.1 Å². The van der Waals surface area contributed by atoms with Gasteiger partial charge >= 0.3 is 5.97 Å². The fraction of sp³-hybridized carbons (Fsp3) is 0.381. The van der Waals surface area contributed by atoms with Gasteiger partial charge in [0.25, 0.3) is 0 Å². The number of rotatable bonds is 7. The maximum Gasteiger partial charge on any atom is 0.327 e. The van der Waals surface area contributed by atoms with Gasteiger partial charge in [0.2, 0.25) is 0 Å². The van der Waals surface area contributed by atoms with Crippen LogP contribution in [0.15, 0.2) is 36.4 Å². The average molecular weight is 390 g/mol. The van der Waals surface area contributed by atoms with E-state index in [0.29, 0.717) is 16.8 Å². The van der Waals surface area contributed by atoms with Crippen LogP contribution in [-0.4, -0.2) is 39.0 Å². The maximum atomic E-state index is 12.3. The van der Waals surface area contributed by atoms with E-state index < -0.39 is 23.4 Å². The summed E-state index contributed by atoms with van der Waals surface area (Å²) in [4.78, 5) is 14.0. The fourth-order valence-electron chi connectivity index (χ4n) is 3.26. The summed E-state index contributed by atoms with van der Waals surface area (Å²) in [7, 11) is 0. The van der Waals surface area contributed by atoms with Crippen LogP contribution in [-0.2, 0) is 4.79 Å². The first-order valence-corrected chi connectivity index (χ1v) is 10.1. The third-order valence-corrected chi connectivity index (χ3v) is 5.67. The number of aromatic hydroxyl groups is 1. The third-order valence-electron chi connectivity index (χ3n) is 4.75. The van der Waals surface area contributed by atoms with Gasteiger partial charge in [-0.2, -0.15) is 0 Å². The Morgan fingerprint density at radius 1 is 1.07 bits per heavy atom. The molecule has 0 saturated heterocycles. The molecule has 0 radical (unpaired) electrons. The van der Waals surface area contributed by atoms with Crippen molar-refractivity contribution in [2.75, 3.05) is 11.2 Å². The molecule has 6 heteroatoms. The lowest BCUT2D eigenvalue weighted by molar-refractivity contribution is -0.140. The molecule has 0 aliphatic carbocycles. The summed E-state index contributed by atoms with van der Waals surface area (Å²) in [6.07, 6.45) is 1.76. The molecule has 0 heterocycles. The molecular formula is C21H27NO4S. The average Bonchev–Trinajstić information content (AvgIpc) is 2.62. The Labute approximate surface area is 164 Å². The minimum absolute atomic E-state index is 0.201. The molecule has 0 saturated carbocycles. The standard InChI is InChI=1S/C21H27NO4S/c1-12-7-6-8-16(9-12)22(17-10-13(2)19(23)14(3)11-17)18(20(24)25)15(4)21(26)27-5/h6-11,15,18,21,23,26H,1-5H3,(H,24,25)/t15?,18-,21?/m0/s1. The van der Waals surface area contributed by atoms with Crippen molar-refractivity contribution in [3.63, 3.8) is 0 Å². The molecule has 3 atom stereocenters. The van der Waals surface area contributed by atoms with Gasteiger partial charge in [-0.25, -0.2) is 4.79 Å². The SMILES string of the molecule is CSC(O)C(C)[C@@H](C(=O)O)N(c1cccc(C)c1)c1cc(C)c(O)c(C)c1. The summed E-state index contributed by atoms with van der Waals surface area (Å²) < 4.78 is 0. The van der Waals surface area contributed by atoms with E-state index in [1.807, 2.05) is 31.2 Å². The van der Waals surface area contributed by atoms with E-state index >= 15 is 0 Å². The normalized spacial score (nSPS) is 14.4. The van der Waals surface area contributed by atoms with E-state index in [2.05, 4.69) is 0 Å². The molecule has 0 aliphatic rings. The van der Waals surface area contributed by atoms with Crippen molar-refractivity contribution in [3.8, 4) is 5.75 Å². The van der Waals surface area contributed by atoms with Crippen LogP contribution >= 0.6 is 11.8 Å². The lowest BCUT2D eigenvalue weighted by Crippen LogP contribution is -2.46. The zero-order chi connectivity index (χ0) is 20.3. The number of thioether (sulfide) groups is 1. The number of carboxylic acid groups (broad SMARTS) is 1. The number of phenolic OH excluding ortho intramolecular Hbond substituents is 1. The predicted molar refractivity (Wildman–Crippen MR) is 111 cm³/mol. The molecule has 0 bridgehead atoms. The number of hydrogen-bond donors (Lipinski definition) is 3. The number of aliphatic carboxylic acids is 1. The summed E-state index contributed by atoms with van der Waals surface area (Å²) in [5, 5.41) is 30.5. The van der Waals surface area contributed by atoms with Crippen LogP contribution in [0.1, 0.15) is 23.6 Å². The molecule has 2 aromatic carbocycles. The zero-order valence-corrected chi connectivity index (χ0v) is 17.1. The Kier molecular flexibility index (Phi) is 6.78. The molecule has 146 valence electrons. The highest BCUT2D eigenvalue weighted by Crippen LogP contribution is 2.37. The van der Waals surface area contributed by atoms with Gasteiger partial charge in [-0.05, 0) is 68.0 Å². The lowest BCUT2D eigenvalue weighted by Gasteiger charge is -2.36. The number of carbonyl (C=O) groups is 1. The molecule has 0 amide bonds. The second-order valence-electron chi connectivity index (χ2n) is 6.91. The number of aliphatic hydroxyl groups excluding tert-OH is 1. The number of anilines is 2. The van der Waals surface area contributed by atoms with Gasteiger partial charge in [0.15, 0.2) is 0 Å². The first-order valence-electron chi connectivity index (χ1n) is 8.77. The van der Waals surface area contributed by atoms with Crippen LogP contribution in [0.2, 0.25) is 0 Å².